The molecule has 0 radical (unpaired) electrons. The summed E-state index contributed by atoms with van der Waals surface area (Å²) in [5.41, 5.74) is 4.33. The number of hydrogen-bond acceptors (Lipinski definition) is 3. The van der Waals surface area contributed by atoms with Crippen molar-refractivity contribution < 1.29 is 8.42 Å². The molecule has 0 spiro atoms. The molecule has 0 aliphatic carbocycles. The predicted octanol–water partition coefficient (Wildman–Crippen LogP) is 2.50. The molecule has 5 nitrogen and oxygen atoms in total. The fourth-order valence-corrected chi connectivity index (χ4v) is 4.71. The lowest BCUT2D eigenvalue weighted by Gasteiger charge is -2.16. The molecule has 1 aliphatic heterocycles. The van der Waals surface area contributed by atoms with E-state index in [1.807, 2.05) is 20.8 Å². The average Bonchev–Trinajstić information content (AvgIpc) is 3.00. The van der Waals surface area contributed by atoms with E-state index in [0.717, 1.165) is 22.4 Å². The average molecular weight is 346 g/mol. The van der Waals surface area contributed by atoms with E-state index in [2.05, 4.69) is 0 Å². The van der Waals surface area contributed by atoms with Gasteiger partial charge in [0.05, 0.1) is 4.90 Å². The van der Waals surface area contributed by atoms with Crippen LogP contribution in [0.5, 0.6) is 0 Å². The van der Waals surface area contributed by atoms with Crippen molar-refractivity contribution >= 4 is 10.0 Å². The van der Waals surface area contributed by atoms with Crippen molar-refractivity contribution in [2.45, 2.75) is 52.2 Å². The Morgan fingerprint density at radius 3 is 2.17 bits per heavy atom. The van der Waals surface area contributed by atoms with E-state index in [9.17, 15) is 13.2 Å². The van der Waals surface area contributed by atoms with Gasteiger partial charge in [-0.1, -0.05) is 17.7 Å². The smallest absolute Gasteiger partial charge is 0.253 e. The first-order chi connectivity index (χ1) is 11.3. The molecule has 0 amide bonds. The van der Waals surface area contributed by atoms with E-state index < -0.39 is 10.0 Å². The molecule has 1 aliphatic rings. The van der Waals surface area contributed by atoms with E-state index >= 15 is 0 Å². The monoisotopic (exact) mass is 346 g/mol. The molecule has 2 aromatic rings. The number of aromatic nitrogens is 1. The van der Waals surface area contributed by atoms with Gasteiger partial charge in [-0.2, -0.15) is 4.31 Å². The zero-order valence-electron chi connectivity index (χ0n) is 14.5. The number of benzene rings is 1. The Labute approximate surface area is 142 Å². The molecule has 24 heavy (non-hydrogen) atoms. The molecule has 0 unspecified atom stereocenters. The number of pyridine rings is 1. The van der Waals surface area contributed by atoms with Gasteiger partial charge in [0.25, 0.3) is 5.56 Å². The van der Waals surface area contributed by atoms with Crippen LogP contribution in [0.3, 0.4) is 0 Å². The summed E-state index contributed by atoms with van der Waals surface area (Å²) in [5, 5.41) is 0. The lowest BCUT2D eigenvalue weighted by atomic mass is 10.0. The Morgan fingerprint density at radius 2 is 1.58 bits per heavy atom. The van der Waals surface area contributed by atoms with Crippen molar-refractivity contribution in [3.05, 3.63) is 62.6 Å². The summed E-state index contributed by atoms with van der Waals surface area (Å²) >= 11 is 0. The molecule has 2 heterocycles. The first kappa shape index (κ1) is 16.9. The fourth-order valence-electron chi connectivity index (χ4n) is 3.33. The largest absolute Gasteiger partial charge is 0.313 e. The molecule has 6 heteroatoms. The van der Waals surface area contributed by atoms with Crippen molar-refractivity contribution in [1.82, 2.24) is 8.87 Å². The molecule has 0 atom stereocenters. The Balaban J connectivity index is 2.06. The summed E-state index contributed by atoms with van der Waals surface area (Å²) in [7, 11) is -3.57. The Kier molecular flexibility index (Phi) is 4.13. The van der Waals surface area contributed by atoms with E-state index in [0.29, 0.717) is 23.5 Å². The topological polar surface area (TPSA) is 59.4 Å². The highest BCUT2D eigenvalue weighted by Gasteiger charge is 2.33. The molecule has 0 saturated heterocycles. The number of sulfonamides is 1. The molecule has 0 saturated carbocycles. The lowest BCUT2D eigenvalue weighted by Crippen LogP contribution is -2.26. The zero-order chi connectivity index (χ0) is 17.6. The third-order valence-corrected chi connectivity index (χ3v) is 6.67. The zero-order valence-corrected chi connectivity index (χ0v) is 15.3. The van der Waals surface area contributed by atoms with Gasteiger partial charge in [0, 0.05) is 30.9 Å². The van der Waals surface area contributed by atoms with Crippen LogP contribution in [-0.2, 0) is 29.7 Å². The highest BCUT2D eigenvalue weighted by molar-refractivity contribution is 7.89. The summed E-state index contributed by atoms with van der Waals surface area (Å²) < 4.78 is 29.0. The van der Waals surface area contributed by atoms with Gasteiger partial charge in [-0.15, -0.1) is 0 Å². The predicted molar refractivity (Wildman–Crippen MR) is 93.5 cm³/mol. The van der Waals surface area contributed by atoms with Gasteiger partial charge in [-0.3, -0.25) is 4.79 Å². The molecule has 0 bridgehead atoms. The first-order valence-electron chi connectivity index (χ1n) is 8.06. The number of fused-ring (bicyclic) bond motifs is 1. The van der Waals surface area contributed by atoms with Gasteiger partial charge in [0.1, 0.15) is 0 Å². The molecule has 1 aromatic carbocycles. The van der Waals surface area contributed by atoms with Gasteiger partial charge < -0.3 is 4.57 Å². The van der Waals surface area contributed by atoms with E-state index in [-0.39, 0.29) is 12.1 Å². The van der Waals surface area contributed by atoms with E-state index in [4.69, 9.17) is 0 Å². The fraction of sp³-hybridized carbons (Fsp3) is 0.389. The van der Waals surface area contributed by atoms with Crippen LogP contribution in [-0.4, -0.2) is 17.3 Å². The normalized spacial score (nSPS) is 14.8. The maximum absolute atomic E-state index is 12.9. The Bertz CT molecular complexity index is 957. The molecular formula is C18H22N2O3S. The van der Waals surface area contributed by atoms with E-state index in [1.54, 1.807) is 35.8 Å². The number of aryl methyl sites for hydroxylation is 1. The highest BCUT2D eigenvalue weighted by Crippen LogP contribution is 2.31. The van der Waals surface area contributed by atoms with E-state index in [1.165, 1.54) is 4.31 Å². The number of nitrogens with zero attached hydrogens (tertiary/aromatic N) is 2. The van der Waals surface area contributed by atoms with Crippen molar-refractivity contribution in [3.63, 3.8) is 0 Å². The second-order valence-electron chi connectivity index (χ2n) is 6.30. The van der Waals surface area contributed by atoms with Crippen LogP contribution in [0.2, 0.25) is 0 Å². The van der Waals surface area contributed by atoms with Gasteiger partial charge in [-0.05, 0) is 51.0 Å². The molecule has 0 N–H and O–H groups in total. The van der Waals surface area contributed by atoms with Crippen LogP contribution in [0, 0.1) is 20.8 Å². The van der Waals surface area contributed by atoms with Crippen molar-refractivity contribution in [2.24, 2.45) is 0 Å². The maximum Gasteiger partial charge on any atom is 0.253 e. The third-order valence-electron chi connectivity index (χ3n) is 4.87. The Hall–Kier alpha value is -1.92. The van der Waals surface area contributed by atoms with Crippen LogP contribution in [0.4, 0.5) is 0 Å². The molecule has 128 valence electrons. The van der Waals surface area contributed by atoms with Crippen LogP contribution in [0.15, 0.2) is 34.0 Å². The number of rotatable bonds is 3. The minimum Gasteiger partial charge on any atom is -0.313 e. The first-order valence-corrected chi connectivity index (χ1v) is 9.50. The van der Waals surface area contributed by atoms with Gasteiger partial charge in [0.15, 0.2) is 0 Å². The van der Waals surface area contributed by atoms with Gasteiger partial charge in [-0.25, -0.2) is 8.42 Å². The second-order valence-corrected chi connectivity index (χ2v) is 8.24. The van der Waals surface area contributed by atoms with Crippen molar-refractivity contribution in [3.8, 4) is 0 Å². The van der Waals surface area contributed by atoms with Crippen LogP contribution >= 0.6 is 0 Å². The summed E-state index contributed by atoms with van der Waals surface area (Å²) in [6.45, 7) is 8.70. The standard InChI is InChI=1S/C18H22N2O3S/c1-5-20-14(4)17-11-19(10-16(17)13(3)18(20)21)24(22,23)15-8-6-12(2)7-9-15/h6-9H,5,10-11H2,1-4H3. The maximum atomic E-state index is 12.9. The minimum atomic E-state index is -3.57. The quantitative estimate of drug-likeness (QED) is 0.858. The minimum absolute atomic E-state index is 0.0247. The molecular weight excluding hydrogens is 324 g/mol. The molecule has 0 fully saturated rings. The van der Waals surface area contributed by atoms with Gasteiger partial charge >= 0.3 is 0 Å². The SMILES string of the molecule is CCn1c(C)c2c(c(C)c1=O)CN(S(=O)(=O)c1ccc(C)cc1)C2. The summed E-state index contributed by atoms with van der Waals surface area (Å²) in [4.78, 5) is 12.7. The third kappa shape index (κ3) is 2.50. The second kappa shape index (κ2) is 5.86. The van der Waals surface area contributed by atoms with Crippen LogP contribution in [0.1, 0.15) is 34.9 Å². The summed E-state index contributed by atoms with van der Waals surface area (Å²) in [6, 6.07) is 6.87. The number of hydrogen-bond donors (Lipinski definition) is 0. The molecule has 1 aromatic heterocycles. The van der Waals surface area contributed by atoms with Crippen LogP contribution in [0.25, 0.3) is 0 Å². The van der Waals surface area contributed by atoms with Crippen LogP contribution < -0.4 is 5.56 Å². The van der Waals surface area contributed by atoms with Crippen molar-refractivity contribution in [1.29, 1.82) is 0 Å². The lowest BCUT2D eigenvalue weighted by molar-refractivity contribution is 0.430. The highest BCUT2D eigenvalue weighted by atomic mass is 32.2. The van der Waals surface area contributed by atoms with Crippen molar-refractivity contribution in [2.75, 3.05) is 0 Å². The summed E-state index contributed by atoms with van der Waals surface area (Å²) in [6.07, 6.45) is 0. The van der Waals surface area contributed by atoms with Gasteiger partial charge in [0.2, 0.25) is 10.0 Å². The Morgan fingerprint density at radius 1 is 1.00 bits per heavy atom. The summed E-state index contributed by atoms with van der Waals surface area (Å²) in [5.74, 6) is 0. The molecule has 3 rings (SSSR count).